The zero-order chi connectivity index (χ0) is 24.0. The van der Waals surface area contributed by atoms with Crippen LogP contribution >= 0.6 is 0 Å². The van der Waals surface area contributed by atoms with Crippen molar-refractivity contribution in [3.63, 3.8) is 0 Å². The number of halogens is 2. The van der Waals surface area contributed by atoms with Crippen LogP contribution in [-0.2, 0) is 17.8 Å². The molecule has 4 rings (SSSR count). The van der Waals surface area contributed by atoms with E-state index in [4.69, 9.17) is 4.74 Å². The van der Waals surface area contributed by atoms with Gasteiger partial charge in [-0.2, -0.15) is 8.78 Å². The Balaban J connectivity index is 1.24. The fraction of sp³-hybridized carbons (Fsp3) is 0.613. The van der Waals surface area contributed by atoms with Crippen molar-refractivity contribution >= 4 is 0 Å². The van der Waals surface area contributed by atoms with Crippen LogP contribution in [0.4, 0.5) is 8.78 Å². The summed E-state index contributed by atoms with van der Waals surface area (Å²) >= 11 is 0. The molecule has 0 N–H and O–H groups in total. The van der Waals surface area contributed by atoms with E-state index in [1.807, 2.05) is 36.4 Å². The third-order valence-corrected chi connectivity index (χ3v) is 8.32. The van der Waals surface area contributed by atoms with Gasteiger partial charge in [0.1, 0.15) is 0 Å². The van der Waals surface area contributed by atoms with Crippen molar-refractivity contribution in [3.8, 4) is 0 Å². The molecular formula is C31H42F2O. The summed E-state index contributed by atoms with van der Waals surface area (Å²) in [6.45, 7) is 4.52. The first-order valence-corrected chi connectivity index (χ1v) is 13.6. The van der Waals surface area contributed by atoms with Crippen molar-refractivity contribution < 1.29 is 13.5 Å². The van der Waals surface area contributed by atoms with E-state index >= 15 is 0 Å². The molecule has 2 fully saturated rings. The van der Waals surface area contributed by atoms with Crippen molar-refractivity contribution in [3.05, 3.63) is 70.8 Å². The van der Waals surface area contributed by atoms with Gasteiger partial charge in [0.25, 0.3) is 0 Å². The van der Waals surface area contributed by atoms with Crippen molar-refractivity contribution in [2.45, 2.75) is 109 Å². The molecule has 0 atom stereocenters. The Morgan fingerprint density at radius 3 is 1.76 bits per heavy atom. The minimum absolute atomic E-state index is 0.0607. The second-order valence-electron chi connectivity index (χ2n) is 11.0. The SMILES string of the molecule is CCCC1CCC(c2ccc(COC(F)(F)Cc3ccc(C4CCC(C)CC4)cc3)cc2)CC1. The number of rotatable bonds is 9. The molecule has 0 aromatic heterocycles. The summed E-state index contributed by atoms with van der Waals surface area (Å²) in [5.74, 6) is 2.90. The van der Waals surface area contributed by atoms with Crippen LogP contribution < -0.4 is 0 Å². The number of hydrogen-bond donors (Lipinski definition) is 0. The smallest absolute Gasteiger partial charge is 0.315 e. The average molecular weight is 469 g/mol. The van der Waals surface area contributed by atoms with Crippen LogP contribution in [-0.4, -0.2) is 6.11 Å². The average Bonchev–Trinajstić information content (AvgIpc) is 2.85. The van der Waals surface area contributed by atoms with E-state index in [0.29, 0.717) is 17.4 Å². The Labute approximate surface area is 205 Å². The number of ether oxygens (including phenoxy) is 1. The normalized spacial score (nSPS) is 25.9. The Bertz CT molecular complexity index is 857. The van der Waals surface area contributed by atoms with Gasteiger partial charge < -0.3 is 4.74 Å². The summed E-state index contributed by atoms with van der Waals surface area (Å²) < 4.78 is 34.2. The summed E-state index contributed by atoms with van der Waals surface area (Å²) in [4.78, 5) is 0. The first-order valence-electron chi connectivity index (χ1n) is 13.6. The van der Waals surface area contributed by atoms with Gasteiger partial charge in [-0.3, -0.25) is 0 Å². The van der Waals surface area contributed by atoms with Crippen LogP contribution in [0.25, 0.3) is 0 Å². The van der Waals surface area contributed by atoms with Crippen molar-refractivity contribution in [2.24, 2.45) is 11.8 Å². The van der Waals surface area contributed by atoms with E-state index in [1.54, 1.807) is 0 Å². The molecular weight excluding hydrogens is 426 g/mol. The van der Waals surface area contributed by atoms with Gasteiger partial charge in [-0.25, -0.2) is 0 Å². The first-order chi connectivity index (χ1) is 16.4. The van der Waals surface area contributed by atoms with Crippen molar-refractivity contribution in [1.82, 2.24) is 0 Å². The summed E-state index contributed by atoms with van der Waals surface area (Å²) in [6, 6.07) is 16.0. The summed E-state index contributed by atoms with van der Waals surface area (Å²) in [7, 11) is 0. The lowest BCUT2D eigenvalue weighted by molar-refractivity contribution is -0.244. The molecule has 0 bridgehead atoms. The fourth-order valence-electron chi connectivity index (χ4n) is 6.06. The number of hydrogen-bond acceptors (Lipinski definition) is 1. The lowest BCUT2D eigenvalue weighted by Gasteiger charge is -2.28. The molecule has 0 radical (unpaired) electrons. The highest BCUT2D eigenvalue weighted by molar-refractivity contribution is 5.27. The van der Waals surface area contributed by atoms with Crippen LogP contribution in [0.15, 0.2) is 48.5 Å². The molecule has 0 unspecified atom stereocenters. The standard InChI is InChI=1S/C31H42F2O/c1-3-4-24-7-15-28(16-8-24)30-19-11-26(12-20-30)22-34-31(32,33)21-25-9-17-29(18-10-25)27-13-5-23(2)6-14-27/h9-12,17-20,23-24,27-28H,3-8,13-16,21-22H2,1-2H3. The van der Waals surface area contributed by atoms with Gasteiger partial charge in [-0.15, -0.1) is 0 Å². The monoisotopic (exact) mass is 468 g/mol. The second kappa shape index (κ2) is 11.8. The fourth-order valence-corrected chi connectivity index (χ4v) is 6.06. The van der Waals surface area contributed by atoms with Crippen LogP contribution in [0.5, 0.6) is 0 Å². The van der Waals surface area contributed by atoms with Gasteiger partial charge in [0, 0.05) is 0 Å². The topological polar surface area (TPSA) is 9.23 Å². The minimum Gasteiger partial charge on any atom is -0.315 e. The Hall–Kier alpha value is -1.74. The van der Waals surface area contributed by atoms with E-state index in [-0.39, 0.29) is 13.0 Å². The van der Waals surface area contributed by atoms with Crippen LogP contribution in [0.2, 0.25) is 0 Å². The van der Waals surface area contributed by atoms with Crippen LogP contribution in [0.1, 0.15) is 112 Å². The zero-order valence-electron chi connectivity index (χ0n) is 21.1. The molecule has 34 heavy (non-hydrogen) atoms. The minimum atomic E-state index is -3.17. The maximum atomic E-state index is 14.5. The molecule has 0 amide bonds. The number of alkyl halides is 2. The molecule has 2 saturated carbocycles. The molecule has 3 heteroatoms. The Morgan fingerprint density at radius 2 is 1.24 bits per heavy atom. The lowest BCUT2D eigenvalue weighted by Crippen LogP contribution is -2.23. The molecule has 0 spiro atoms. The molecule has 0 aliphatic heterocycles. The predicted octanol–water partition coefficient (Wildman–Crippen LogP) is 9.41. The molecule has 186 valence electrons. The van der Waals surface area contributed by atoms with Gasteiger partial charge in [0.2, 0.25) is 0 Å². The van der Waals surface area contributed by atoms with E-state index in [9.17, 15) is 8.78 Å². The van der Waals surface area contributed by atoms with E-state index in [0.717, 1.165) is 17.4 Å². The van der Waals surface area contributed by atoms with E-state index < -0.39 is 6.11 Å². The summed E-state index contributed by atoms with van der Waals surface area (Å²) in [6.07, 6.45) is 9.14. The highest BCUT2D eigenvalue weighted by atomic mass is 19.3. The third kappa shape index (κ3) is 7.13. The van der Waals surface area contributed by atoms with E-state index in [2.05, 4.69) is 26.0 Å². The highest BCUT2D eigenvalue weighted by Gasteiger charge is 2.31. The lowest BCUT2D eigenvalue weighted by atomic mass is 9.77. The van der Waals surface area contributed by atoms with Crippen LogP contribution in [0.3, 0.4) is 0 Å². The zero-order valence-corrected chi connectivity index (χ0v) is 21.1. The molecule has 1 nitrogen and oxygen atoms in total. The van der Waals surface area contributed by atoms with Crippen LogP contribution in [0, 0.1) is 11.8 Å². The van der Waals surface area contributed by atoms with Crippen molar-refractivity contribution in [1.29, 1.82) is 0 Å². The Morgan fingerprint density at radius 1 is 0.735 bits per heavy atom. The van der Waals surface area contributed by atoms with Gasteiger partial charge in [0.15, 0.2) is 0 Å². The van der Waals surface area contributed by atoms with Gasteiger partial charge in [0.05, 0.1) is 13.0 Å². The van der Waals surface area contributed by atoms with Gasteiger partial charge in [-0.05, 0) is 84.5 Å². The summed E-state index contributed by atoms with van der Waals surface area (Å²) in [5.41, 5.74) is 4.08. The third-order valence-electron chi connectivity index (χ3n) is 8.32. The Kier molecular flexibility index (Phi) is 8.80. The van der Waals surface area contributed by atoms with Crippen molar-refractivity contribution in [2.75, 3.05) is 0 Å². The molecule has 2 aromatic carbocycles. The van der Waals surface area contributed by atoms with Gasteiger partial charge in [-0.1, -0.05) is 88.1 Å². The molecule has 2 aliphatic carbocycles. The quantitative estimate of drug-likeness (QED) is 0.356. The predicted molar refractivity (Wildman–Crippen MR) is 136 cm³/mol. The summed E-state index contributed by atoms with van der Waals surface area (Å²) in [5, 5.41) is 0. The molecule has 0 heterocycles. The first kappa shape index (κ1) is 25.4. The van der Waals surface area contributed by atoms with Gasteiger partial charge >= 0.3 is 6.11 Å². The molecule has 2 aliphatic rings. The highest BCUT2D eigenvalue weighted by Crippen LogP contribution is 2.38. The maximum Gasteiger partial charge on any atom is 0.360 e. The number of benzene rings is 2. The molecule has 2 aromatic rings. The van der Waals surface area contributed by atoms with E-state index in [1.165, 1.54) is 75.3 Å². The molecule has 0 saturated heterocycles. The maximum absolute atomic E-state index is 14.5. The second-order valence-corrected chi connectivity index (χ2v) is 11.0. The largest absolute Gasteiger partial charge is 0.360 e.